The summed E-state index contributed by atoms with van der Waals surface area (Å²) >= 11 is 0. The number of pyridine rings is 1. The maximum atomic E-state index is 10.4. The molecule has 0 saturated carbocycles. The Bertz CT molecular complexity index is 1850. The molecule has 2 heterocycles. The number of Topliss-reactive ketones (excluding diaryl/α,β-unsaturated/α-hetero) is 1. The Hall–Kier alpha value is -3.79. The molecule has 0 aliphatic carbocycles. The second kappa shape index (κ2) is 10.9. The Balaban J connectivity index is 0.000000329. The Morgan fingerprint density at radius 3 is 2.16 bits per heavy atom. The van der Waals surface area contributed by atoms with Gasteiger partial charge < -0.3 is 9.52 Å². The van der Waals surface area contributed by atoms with Crippen LogP contribution >= 0.6 is 0 Å². The number of ketones is 1. The van der Waals surface area contributed by atoms with Gasteiger partial charge in [-0.15, -0.1) is 23.3 Å². The first kappa shape index (κ1) is 27.2. The van der Waals surface area contributed by atoms with Crippen LogP contribution in [0, 0.1) is 19.9 Å². The molecule has 5 heteroatoms. The van der Waals surface area contributed by atoms with Crippen molar-refractivity contribution in [2.75, 3.05) is 0 Å². The van der Waals surface area contributed by atoms with E-state index in [9.17, 15) is 4.79 Å². The largest absolute Gasteiger partial charge is 0.512 e. The van der Waals surface area contributed by atoms with Gasteiger partial charge in [-0.05, 0) is 39.8 Å². The van der Waals surface area contributed by atoms with Gasteiger partial charge in [-0.1, -0.05) is 77.9 Å². The molecular weight excluding hydrogens is 651 g/mol. The van der Waals surface area contributed by atoms with Gasteiger partial charge in [0.25, 0.3) is 0 Å². The summed E-state index contributed by atoms with van der Waals surface area (Å²) in [4.78, 5) is 15.4. The molecule has 0 atom stereocenters. The van der Waals surface area contributed by atoms with Gasteiger partial charge in [0.2, 0.25) is 0 Å². The number of aliphatic hydroxyl groups is 1. The molecule has 6 rings (SSSR count). The number of carbonyl (C=O) groups is 1. The van der Waals surface area contributed by atoms with E-state index in [0.29, 0.717) is 5.57 Å². The van der Waals surface area contributed by atoms with E-state index in [1.165, 1.54) is 30.4 Å². The van der Waals surface area contributed by atoms with Crippen LogP contribution < -0.4 is 0 Å². The molecule has 6 aromatic rings. The van der Waals surface area contributed by atoms with Crippen molar-refractivity contribution in [3.05, 3.63) is 101 Å². The number of furan rings is 1. The summed E-state index contributed by atoms with van der Waals surface area (Å²) in [6, 6.07) is 28.5. The zero-order valence-electron chi connectivity index (χ0n) is 22.0. The van der Waals surface area contributed by atoms with E-state index in [-0.39, 0.29) is 31.6 Å². The van der Waals surface area contributed by atoms with Crippen molar-refractivity contribution in [1.29, 1.82) is 0 Å². The Morgan fingerprint density at radius 1 is 0.816 bits per heavy atom. The molecule has 0 spiro atoms. The zero-order chi connectivity index (χ0) is 26.3. The summed E-state index contributed by atoms with van der Waals surface area (Å²) in [5.41, 5.74) is 7.44. The van der Waals surface area contributed by atoms with E-state index in [1.54, 1.807) is 6.92 Å². The molecule has 193 valence electrons. The van der Waals surface area contributed by atoms with Crippen LogP contribution in [-0.4, -0.2) is 15.9 Å². The van der Waals surface area contributed by atoms with Crippen molar-refractivity contribution in [1.82, 2.24) is 4.98 Å². The van der Waals surface area contributed by atoms with Crippen molar-refractivity contribution >= 4 is 49.4 Å². The van der Waals surface area contributed by atoms with Gasteiger partial charge in [0, 0.05) is 47.5 Å². The van der Waals surface area contributed by atoms with Crippen LogP contribution in [0.3, 0.4) is 0 Å². The maximum Gasteiger partial charge on any atom is 0.158 e. The molecule has 0 fully saturated rings. The molecule has 0 aliphatic heterocycles. The maximum absolute atomic E-state index is 10.4. The summed E-state index contributed by atoms with van der Waals surface area (Å²) in [5.74, 6) is 0.0301. The van der Waals surface area contributed by atoms with Crippen molar-refractivity contribution < 1.29 is 34.4 Å². The Morgan fingerprint density at radius 2 is 1.47 bits per heavy atom. The number of fused-ring (bicyclic) bond motifs is 6. The average Bonchev–Trinajstić information content (AvgIpc) is 3.28. The van der Waals surface area contributed by atoms with Crippen molar-refractivity contribution in [3.63, 3.8) is 0 Å². The predicted molar refractivity (Wildman–Crippen MR) is 152 cm³/mol. The number of hydrogen-bond donors (Lipinski definition) is 1. The minimum atomic E-state index is -0.0787. The molecule has 0 aliphatic rings. The van der Waals surface area contributed by atoms with Gasteiger partial charge in [0.05, 0.1) is 11.3 Å². The molecular formula is C33H28IrNO3-. The first-order chi connectivity index (χ1) is 17.8. The Labute approximate surface area is 235 Å². The third-order valence-corrected chi connectivity index (χ3v) is 6.89. The predicted octanol–water partition coefficient (Wildman–Crippen LogP) is 8.80. The molecule has 0 bridgehead atoms. The van der Waals surface area contributed by atoms with Crippen LogP contribution in [0.5, 0.6) is 0 Å². The fourth-order valence-corrected chi connectivity index (χ4v) is 4.78. The van der Waals surface area contributed by atoms with Gasteiger partial charge in [-0.25, -0.2) is 0 Å². The molecule has 4 aromatic carbocycles. The van der Waals surface area contributed by atoms with Gasteiger partial charge in [-0.3, -0.25) is 9.78 Å². The van der Waals surface area contributed by atoms with Crippen molar-refractivity contribution in [2.24, 2.45) is 0 Å². The molecule has 0 unspecified atom stereocenters. The summed E-state index contributed by atoms with van der Waals surface area (Å²) in [7, 11) is 0. The van der Waals surface area contributed by atoms with E-state index in [0.717, 1.165) is 49.5 Å². The van der Waals surface area contributed by atoms with Crippen LogP contribution in [0.15, 0.2) is 88.5 Å². The van der Waals surface area contributed by atoms with Crippen LogP contribution in [0.2, 0.25) is 0 Å². The van der Waals surface area contributed by atoms with E-state index in [4.69, 9.17) is 14.5 Å². The molecule has 38 heavy (non-hydrogen) atoms. The van der Waals surface area contributed by atoms with Gasteiger partial charge in [0.15, 0.2) is 5.78 Å². The summed E-state index contributed by atoms with van der Waals surface area (Å²) in [6.45, 7) is 8.81. The molecule has 1 N–H and O–H groups in total. The summed E-state index contributed by atoms with van der Waals surface area (Å²) < 4.78 is 6.37. The van der Waals surface area contributed by atoms with Crippen LogP contribution in [-0.2, 0) is 24.9 Å². The first-order valence-electron chi connectivity index (χ1n) is 12.3. The number of para-hydroxylation sites is 2. The minimum absolute atomic E-state index is 0. The molecule has 0 saturated heterocycles. The molecule has 2 aromatic heterocycles. The molecule has 0 amide bonds. The molecule has 1 radical (unpaired) electrons. The normalized spacial score (nSPS) is 11.7. The minimum Gasteiger partial charge on any atom is -0.512 e. The number of aromatic nitrogens is 1. The van der Waals surface area contributed by atoms with Gasteiger partial charge in [-0.2, -0.15) is 0 Å². The fourth-order valence-electron chi connectivity index (χ4n) is 4.78. The van der Waals surface area contributed by atoms with Crippen LogP contribution in [0.25, 0.3) is 54.9 Å². The monoisotopic (exact) mass is 679 g/mol. The zero-order valence-corrected chi connectivity index (χ0v) is 24.4. The van der Waals surface area contributed by atoms with Gasteiger partial charge >= 0.3 is 0 Å². The smallest absolute Gasteiger partial charge is 0.158 e. The summed E-state index contributed by atoms with van der Waals surface area (Å²) in [6.07, 6.45) is 0. The van der Waals surface area contributed by atoms with Crippen molar-refractivity contribution in [2.45, 2.75) is 34.6 Å². The quantitative estimate of drug-likeness (QED) is 0.113. The summed E-state index contributed by atoms with van der Waals surface area (Å²) in [5, 5.41) is 14.4. The Kier molecular flexibility index (Phi) is 7.82. The van der Waals surface area contributed by atoms with E-state index >= 15 is 0 Å². The van der Waals surface area contributed by atoms with E-state index < -0.39 is 0 Å². The van der Waals surface area contributed by atoms with Gasteiger partial charge in [0.1, 0.15) is 11.2 Å². The van der Waals surface area contributed by atoms with Crippen LogP contribution in [0.1, 0.15) is 31.9 Å². The number of hydrogen-bond acceptors (Lipinski definition) is 4. The number of rotatable bonds is 2. The number of carbonyl (C=O) groups excluding carboxylic acids is 1. The standard InChI is InChI=1S/C27H18NO.C6H10O2.Ir/c1-16-8-7-11-18-19(15-14-17(2)24(16)18)26-27-25(20-9-3-5-12-22(20)28-26)21-10-4-6-13-23(21)29-27;1-4(5(2)7)6(3)8;/h3-14H,1-2H3;7H,1-3H3;/q-1;;/b;5-4-;. The van der Waals surface area contributed by atoms with Crippen molar-refractivity contribution in [3.8, 4) is 11.3 Å². The topological polar surface area (TPSA) is 63.3 Å². The molecule has 4 nitrogen and oxygen atoms in total. The fraction of sp³-hybridized carbons (Fsp3) is 0.152. The second-order valence-corrected chi connectivity index (χ2v) is 9.39. The number of aliphatic hydroxyl groups excluding tert-OH is 1. The third-order valence-electron chi connectivity index (χ3n) is 6.89. The number of allylic oxidation sites excluding steroid dienone is 2. The number of aryl methyl sites for hydroxylation is 2. The van der Waals surface area contributed by atoms with E-state index in [2.05, 4.69) is 74.5 Å². The van der Waals surface area contributed by atoms with Crippen LogP contribution in [0.4, 0.5) is 0 Å². The SMILES string of the molecule is CC(=O)/C(C)=C(/C)O.Cc1c[c-]c(-c2nc3ccccc3c3c2oc2ccccc23)c2cccc(C)c12.[Ir]. The third kappa shape index (κ3) is 4.76. The average molecular weight is 679 g/mol. The second-order valence-electron chi connectivity index (χ2n) is 9.39. The number of benzene rings is 4. The first-order valence-corrected chi connectivity index (χ1v) is 12.3. The number of nitrogens with zero attached hydrogens (tertiary/aromatic N) is 1. The van der Waals surface area contributed by atoms with E-state index in [1.807, 2.05) is 18.2 Å².